The first-order valence-corrected chi connectivity index (χ1v) is 12.8. The third-order valence-corrected chi connectivity index (χ3v) is 7.03. The minimum absolute atomic E-state index is 0.196. The summed E-state index contributed by atoms with van der Waals surface area (Å²) in [5, 5.41) is 3.86. The van der Waals surface area contributed by atoms with Crippen molar-refractivity contribution in [1.29, 1.82) is 0 Å². The van der Waals surface area contributed by atoms with Gasteiger partial charge in [-0.1, -0.05) is 23.2 Å². The van der Waals surface area contributed by atoms with E-state index in [0.29, 0.717) is 48.5 Å². The fourth-order valence-corrected chi connectivity index (χ4v) is 4.87. The number of nitrogens with one attached hydrogen (secondary N) is 1. The number of hydrogen-bond acceptors (Lipinski definition) is 5. The number of rotatable bonds is 7. The van der Waals surface area contributed by atoms with Crippen LogP contribution in [0.3, 0.4) is 0 Å². The smallest absolute Gasteiger partial charge is 0.322 e. The lowest BCUT2D eigenvalue weighted by Gasteiger charge is -2.43. The summed E-state index contributed by atoms with van der Waals surface area (Å²) in [6.07, 6.45) is 0.646. The van der Waals surface area contributed by atoms with E-state index >= 15 is 0 Å². The molecule has 1 fully saturated rings. The number of amides is 2. The number of carbonyl (C=O) groups is 1. The van der Waals surface area contributed by atoms with E-state index in [2.05, 4.69) is 24.1 Å². The molecule has 7 nitrogen and oxygen atoms in total. The van der Waals surface area contributed by atoms with Crippen molar-refractivity contribution < 1.29 is 19.0 Å². The van der Waals surface area contributed by atoms with Gasteiger partial charge in [-0.2, -0.15) is 0 Å². The Labute approximate surface area is 217 Å². The van der Waals surface area contributed by atoms with Gasteiger partial charge < -0.3 is 24.4 Å². The third-order valence-electron chi connectivity index (χ3n) is 6.29. The molecule has 1 saturated heterocycles. The average molecular weight is 522 g/mol. The Morgan fingerprint density at radius 3 is 2.66 bits per heavy atom. The van der Waals surface area contributed by atoms with E-state index in [4.69, 9.17) is 37.4 Å². The molecule has 0 saturated carbocycles. The molecule has 2 aliphatic rings. The van der Waals surface area contributed by atoms with Crippen LogP contribution in [0.15, 0.2) is 36.4 Å². The van der Waals surface area contributed by atoms with Crippen LogP contribution >= 0.6 is 23.2 Å². The Balaban J connectivity index is 1.65. The van der Waals surface area contributed by atoms with Crippen molar-refractivity contribution in [2.24, 2.45) is 0 Å². The molecule has 0 unspecified atom stereocenters. The topological polar surface area (TPSA) is 63.3 Å². The highest BCUT2D eigenvalue weighted by molar-refractivity contribution is 6.42. The number of carbonyl (C=O) groups excluding carboxylic acids is 1. The maximum absolute atomic E-state index is 13.7. The van der Waals surface area contributed by atoms with Crippen LogP contribution in [0, 0.1) is 0 Å². The van der Waals surface area contributed by atoms with E-state index < -0.39 is 5.60 Å². The van der Waals surface area contributed by atoms with Gasteiger partial charge in [-0.3, -0.25) is 4.90 Å². The Bertz CT molecular complexity index is 1040. The fourth-order valence-electron chi connectivity index (χ4n) is 4.57. The van der Waals surface area contributed by atoms with Crippen LogP contribution in [0.1, 0.15) is 38.8 Å². The number of anilines is 1. The zero-order chi connectivity index (χ0) is 25.0. The zero-order valence-electron chi connectivity index (χ0n) is 20.5. The molecule has 0 radical (unpaired) electrons. The van der Waals surface area contributed by atoms with Gasteiger partial charge >= 0.3 is 6.03 Å². The number of fused-ring (bicyclic) bond motifs is 1. The van der Waals surface area contributed by atoms with Gasteiger partial charge in [-0.05, 0) is 57.2 Å². The van der Waals surface area contributed by atoms with Gasteiger partial charge in [0.2, 0.25) is 0 Å². The highest BCUT2D eigenvalue weighted by Gasteiger charge is 2.39. The molecule has 2 aliphatic heterocycles. The Morgan fingerprint density at radius 1 is 1.17 bits per heavy atom. The van der Waals surface area contributed by atoms with Crippen LogP contribution in [0.5, 0.6) is 11.5 Å². The Morgan fingerprint density at radius 2 is 1.94 bits per heavy atom. The number of halogens is 2. The molecule has 0 spiro atoms. The number of hydrogen-bond donors (Lipinski definition) is 1. The summed E-state index contributed by atoms with van der Waals surface area (Å²) >= 11 is 12.3. The van der Waals surface area contributed by atoms with Crippen LogP contribution in [-0.4, -0.2) is 67.4 Å². The maximum Gasteiger partial charge on any atom is 0.322 e. The molecule has 0 aliphatic carbocycles. The highest BCUT2D eigenvalue weighted by Crippen LogP contribution is 2.44. The summed E-state index contributed by atoms with van der Waals surface area (Å²) in [6, 6.07) is 10.5. The van der Waals surface area contributed by atoms with Crippen molar-refractivity contribution in [3.63, 3.8) is 0 Å². The van der Waals surface area contributed by atoms with E-state index in [9.17, 15) is 4.79 Å². The second-order valence-corrected chi connectivity index (χ2v) is 10.2. The largest absolute Gasteiger partial charge is 0.494 e. The molecule has 0 aromatic heterocycles. The zero-order valence-corrected chi connectivity index (χ0v) is 22.0. The van der Waals surface area contributed by atoms with Crippen LogP contribution < -0.4 is 14.8 Å². The van der Waals surface area contributed by atoms with E-state index in [0.717, 1.165) is 36.7 Å². The van der Waals surface area contributed by atoms with Crippen LogP contribution in [0.4, 0.5) is 10.5 Å². The standard InChI is InChI=1S/C26H33Cl2N3O4/c1-4-34-19-6-8-24-20(16-19)23(17-26(2,3)35-24)31(10-9-30-11-13-33-14-12-30)25(32)29-18-5-7-21(27)22(28)15-18/h5-8,15-16,23H,4,9-14,17H2,1-3H3,(H,29,32)/t23-/m1/s1. The minimum Gasteiger partial charge on any atom is -0.494 e. The number of ether oxygens (including phenoxy) is 3. The molecular weight excluding hydrogens is 489 g/mol. The number of urea groups is 1. The van der Waals surface area contributed by atoms with E-state index in [1.807, 2.05) is 30.0 Å². The van der Waals surface area contributed by atoms with Gasteiger partial charge in [0.05, 0.1) is 35.9 Å². The van der Waals surface area contributed by atoms with Crippen molar-refractivity contribution in [2.45, 2.75) is 38.8 Å². The molecular formula is C26H33Cl2N3O4. The normalized spacial score (nSPS) is 19.4. The molecule has 0 bridgehead atoms. The van der Waals surface area contributed by atoms with Gasteiger partial charge in [0.25, 0.3) is 0 Å². The van der Waals surface area contributed by atoms with Crippen molar-refractivity contribution in [3.05, 3.63) is 52.0 Å². The lowest BCUT2D eigenvalue weighted by Crippen LogP contribution is -2.48. The van der Waals surface area contributed by atoms with Crippen LogP contribution in [0.25, 0.3) is 0 Å². The lowest BCUT2D eigenvalue weighted by atomic mass is 9.88. The molecule has 1 N–H and O–H groups in total. The molecule has 1 atom stereocenters. The summed E-state index contributed by atoms with van der Waals surface area (Å²) < 4.78 is 17.5. The van der Waals surface area contributed by atoms with Gasteiger partial charge in [0, 0.05) is 43.9 Å². The average Bonchev–Trinajstić information content (AvgIpc) is 2.82. The summed E-state index contributed by atoms with van der Waals surface area (Å²) in [6.45, 7) is 11.0. The van der Waals surface area contributed by atoms with Crippen molar-refractivity contribution in [3.8, 4) is 11.5 Å². The van der Waals surface area contributed by atoms with E-state index in [1.54, 1.807) is 18.2 Å². The van der Waals surface area contributed by atoms with Crippen molar-refractivity contribution in [2.75, 3.05) is 51.3 Å². The molecule has 2 aromatic carbocycles. The molecule has 2 heterocycles. The highest BCUT2D eigenvalue weighted by atomic mass is 35.5. The van der Waals surface area contributed by atoms with Crippen molar-refractivity contribution >= 4 is 34.9 Å². The molecule has 2 amide bonds. The third kappa shape index (κ3) is 6.53. The molecule has 9 heteroatoms. The van der Waals surface area contributed by atoms with Gasteiger partial charge in [-0.15, -0.1) is 0 Å². The van der Waals surface area contributed by atoms with E-state index in [-0.39, 0.29) is 12.1 Å². The first-order valence-electron chi connectivity index (χ1n) is 12.0. The Kier molecular flexibility index (Phi) is 8.32. The second-order valence-electron chi connectivity index (χ2n) is 9.42. The monoisotopic (exact) mass is 521 g/mol. The Hall–Kier alpha value is -2.19. The number of morpholine rings is 1. The summed E-state index contributed by atoms with van der Waals surface area (Å²) in [4.78, 5) is 18.0. The molecule has 4 rings (SSSR count). The minimum atomic E-state index is -0.439. The molecule has 190 valence electrons. The first kappa shape index (κ1) is 25.9. The predicted octanol–water partition coefficient (Wildman–Crippen LogP) is 5.86. The van der Waals surface area contributed by atoms with Crippen molar-refractivity contribution in [1.82, 2.24) is 9.80 Å². The predicted molar refractivity (Wildman–Crippen MR) is 139 cm³/mol. The van der Waals surface area contributed by atoms with Gasteiger partial charge in [-0.25, -0.2) is 4.79 Å². The SMILES string of the molecule is CCOc1ccc2c(c1)[C@H](N(CCN1CCOCC1)C(=O)Nc1ccc(Cl)c(Cl)c1)CC(C)(C)O2. The maximum atomic E-state index is 13.7. The molecule has 35 heavy (non-hydrogen) atoms. The van der Waals surface area contributed by atoms with E-state index in [1.165, 1.54) is 0 Å². The van der Waals surface area contributed by atoms with Crippen LogP contribution in [-0.2, 0) is 4.74 Å². The van der Waals surface area contributed by atoms with Gasteiger partial charge in [0.15, 0.2) is 0 Å². The summed E-state index contributed by atoms with van der Waals surface area (Å²) in [5.74, 6) is 1.53. The summed E-state index contributed by atoms with van der Waals surface area (Å²) in [7, 11) is 0. The van der Waals surface area contributed by atoms with Gasteiger partial charge in [0.1, 0.15) is 17.1 Å². The second kappa shape index (κ2) is 11.2. The quantitative estimate of drug-likeness (QED) is 0.494. The first-order chi connectivity index (χ1) is 16.8. The lowest BCUT2D eigenvalue weighted by molar-refractivity contribution is 0.0226. The molecule has 2 aromatic rings. The fraction of sp³-hybridized carbons (Fsp3) is 0.500. The summed E-state index contributed by atoms with van der Waals surface area (Å²) in [5.41, 5.74) is 1.10. The number of benzene rings is 2. The number of nitrogens with zero attached hydrogens (tertiary/aromatic N) is 2. The van der Waals surface area contributed by atoms with Crippen LogP contribution in [0.2, 0.25) is 10.0 Å².